The molecule has 9 heteroatoms. The van der Waals surface area contributed by atoms with E-state index in [2.05, 4.69) is 15.5 Å². The molecule has 0 radical (unpaired) electrons. The lowest BCUT2D eigenvalue weighted by Gasteiger charge is -2.28. The van der Waals surface area contributed by atoms with E-state index in [0.29, 0.717) is 6.54 Å². The molecule has 2 fully saturated rings. The molecule has 0 saturated carbocycles. The zero-order chi connectivity index (χ0) is 19.4. The molecule has 0 bridgehead atoms. The number of likely N-dealkylation sites (tertiary alicyclic amines) is 1. The first kappa shape index (κ1) is 20.2. The Balaban J connectivity index is 1.61. The number of rotatable bonds is 6. The van der Waals surface area contributed by atoms with Gasteiger partial charge in [-0.3, -0.25) is 4.90 Å². The number of nitrogens with zero attached hydrogens (tertiary/aromatic N) is 1. The van der Waals surface area contributed by atoms with Crippen LogP contribution in [0, 0.1) is 0 Å². The van der Waals surface area contributed by atoms with Gasteiger partial charge in [0.2, 0.25) is 0 Å². The Labute approximate surface area is 165 Å². The maximum Gasteiger partial charge on any atom is 0.315 e. The molecule has 27 heavy (non-hydrogen) atoms. The van der Waals surface area contributed by atoms with Crippen LogP contribution in [0.4, 0.5) is 4.79 Å². The minimum atomic E-state index is -3.18. The summed E-state index contributed by atoms with van der Waals surface area (Å²) in [5.41, 5.74) is 1.11. The molecule has 1 aromatic rings. The fourth-order valence-electron chi connectivity index (χ4n) is 3.68. The number of sulfone groups is 1. The maximum atomic E-state index is 12.3. The molecule has 0 aromatic heterocycles. The molecule has 1 aromatic carbocycles. The Morgan fingerprint density at radius 1 is 1.26 bits per heavy atom. The smallest absolute Gasteiger partial charge is 0.315 e. The topological polar surface area (TPSA) is 87.7 Å². The summed E-state index contributed by atoms with van der Waals surface area (Å²) >= 11 is 6.06. The van der Waals surface area contributed by atoms with Crippen molar-refractivity contribution < 1.29 is 17.9 Å². The fourth-order valence-corrected chi connectivity index (χ4v) is 6.23. The zero-order valence-electron chi connectivity index (χ0n) is 15.4. The zero-order valence-corrected chi connectivity index (χ0v) is 16.9. The van der Waals surface area contributed by atoms with E-state index in [1.54, 1.807) is 7.11 Å². The molecule has 3 rings (SSSR count). The lowest BCUT2D eigenvalue weighted by Crippen LogP contribution is -2.48. The second-order valence-corrected chi connectivity index (χ2v) is 9.80. The van der Waals surface area contributed by atoms with Gasteiger partial charge in [0.05, 0.1) is 36.1 Å². The Hall–Kier alpha value is -1.51. The molecule has 2 amide bonds. The van der Waals surface area contributed by atoms with E-state index in [9.17, 15) is 13.2 Å². The number of hydrogen-bond acceptors (Lipinski definition) is 5. The van der Waals surface area contributed by atoms with Gasteiger partial charge < -0.3 is 15.4 Å². The van der Waals surface area contributed by atoms with E-state index in [1.807, 2.05) is 24.3 Å². The van der Waals surface area contributed by atoms with Crippen molar-refractivity contribution in [1.29, 1.82) is 0 Å². The number of halogens is 1. The quantitative estimate of drug-likeness (QED) is 0.688. The van der Waals surface area contributed by atoms with Crippen LogP contribution in [-0.2, 0) is 9.84 Å². The van der Waals surface area contributed by atoms with Gasteiger partial charge >= 0.3 is 6.03 Å². The number of hydrogen-bond donors (Lipinski definition) is 2. The highest BCUT2D eigenvalue weighted by molar-refractivity contribution is 7.91. The number of urea groups is 1. The van der Waals surface area contributed by atoms with Crippen LogP contribution in [-0.4, -0.2) is 69.0 Å². The van der Waals surface area contributed by atoms with Crippen LogP contribution in [0.2, 0.25) is 0 Å². The predicted octanol–water partition coefficient (Wildman–Crippen LogP) is 1.54. The second-order valence-electron chi connectivity index (χ2n) is 7.09. The number of benzene rings is 1. The minimum absolute atomic E-state index is 0.0586. The first-order chi connectivity index (χ1) is 12.9. The number of carbonyl (C=O) groups is 1. The summed E-state index contributed by atoms with van der Waals surface area (Å²) in [5, 5.41) is 5.00. The van der Waals surface area contributed by atoms with Crippen molar-refractivity contribution in [3.63, 3.8) is 0 Å². The van der Waals surface area contributed by atoms with Crippen molar-refractivity contribution >= 4 is 27.5 Å². The molecule has 2 N–H and O–H groups in total. The largest absolute Gasteiger partial charge is 0.497 e. The van der Waals surface area contributed by atoms with Crippen molar-refractivity contribution in [3.8, 4) is 5.75 Å². The van der Waals surface area contributed by atoms with Crippen LogP contribution in [0.15, 0.2) is 24.3 Å². The number of alkyl halides is 1. The van der Waals surface area contributed by atoms with Crippen molar-refractivity contribution in [1.82, 2.24) is 15.5 Å². The van der Waals surface area contributed by atoms with Crippen LogP contribution >= 0.6 is 11.6 Å². The first-order valence-electron chi connectivity index (χ1n) is 9.15. The van der Waals surface area contributed by atoms with E-state index < -0.39 is 21.3 Å². The molecular formula is C18H26ClN3O4S. The molecular weight excluding hydrogens is 390 g/mol. The third-order valence-electron chi connectivity index (χ3n) is 5.14. The van der Waals surface area contributed by atoms with Crippen molar-refractivity contribution in [2.45, 2.75) is 30.3 Å². The van der Waals surface area contributed by atoms with Crippen LogP contribution in [0.25, 0.3) is 0 Å². The van der Waals surface area contributed by atoms with Crippen molar-refractivity contribution in [2.75, 3.05) is 38.2 Å². The Morgan fingerprint density at radius 3 is 2.48 bits per heavy atom. The van der Waals surface area contributed by atoms with E-state index in [0.717, 1.165) is 37.2 Å². The Kier molecular flexibility index (Phi) is 6.49. The molecule has 2 heterocycles. The van der Waals surface area contributed by atoms with Gasteiger partial charge in [-0.05, 0) is 43.6 Å². The molecule has 2 aliphatic heterocycles. The average molecular weight is 416 g/mol. The van der Waals surface area contributed by atoms with Gasteiger partial charge in [-0.15, -0.1) is 11.6 Å². The molecule has 2 aliphatic rings. The summed E-state index contributed by atoms with van der Waals surface area (Å²) in [6.07, 6.45) is 2.29. The van der Waals surface area contributed by atoms with Crippen LogP contribution < -0.4 is 15.4 Å². The average Bonchev–Trinajstić information content (AvgIpc) is 3.23. The molecule has 0 unspecified atom stereocenters. The fraction of sp³-hybridized carbons (Fsp3) is 0.611. The third kappa shape index (κ3) is 5.27. The molecule has 150 valence electrons. The predicted molar refractivity (Wildman–Crippen MR) is 105 cm³/mol. The normalized spacial score (nSPS) is 25.9. The number of carbonyl (C=O) groups excluding carboxylic acids is 1. The van der Waals surface area contributed by atoms with E-state index >= 15 is 0 Å². The number of ether oxygens (including phenoxy) is 1. The van der Waals surface area contributed by atoms with E-state index in [-0.39, 0.29) is 23.6 Å². The summed E-state index contributed by atoms with van der Waals surface area (Å²) in [6, 6.07) is 6.98. The standard InChI is InChI=1S/C18H26ClN3O4S/c1-26-14-6-4-13(5-7-14)17(22-8-2-3-9-22)10-20-18(23)21-16-12-27(24,25)11-15(16)19/h4-7,15-17H,2-3,8-12H2,1H3,(H2,20,21,23)/t15-,16+,17+/m1/s1. The SMILES string of the molecule is COc1ccc([C@H](CNC(=O)N[C@H]2CS(=O)(=O)C[C@H]2Cl)N2CCCC2)cc1. The van der Waals surface area contributed by atoms with Gasteiger partial charge in [-0.1, -0.05) is 12.1 Å². The number of nitrogens with one attached hydrogen (secondary N) is 2. The molecule has 0 spiro atoms. The van der Waals surface area contributed by atoms with Crippen LogP contribution in [0.5, 0.6) is 5.75 Å². The minimum Gasteiger partial charge on any atom is -0.497 e. The van der Waals surface area contributed by atoms with Gasteiger partial charge in [0, 0.05) is 6.54 Å². The maximum absolute atomic E-state index is 12.3. The summed E-state index contributed by atoms with van der Waals surface area (Å²) < 4.78 is 28.5. The highest BCUT2D eigenvalue weighted by Gasteiger charge is 2.37. The third-order valence-corrected chi connectivity index (χ3v) is 7.51. The van der Waals surface area contributed by atoms with Crippen molar-refractivity contribution in [2.24, 2.45) is 0 Å². The Bertz CT molecular complexity index is 750. The summed E-state index contributed by atoms with van der Waals surface area (Å²) in [5.74, 6) is 0.588. The summed E-state index contributed by atoms with van der Waals surface area (Å²) in [7, 11) is -1.55. The van der Waals surface area contributed by atoms with Gasteiger partial charge in [0.1, 0.15) is 5.75 Å². The molecule has 7 nitrogen and oxygen atoms in total. The Morgan fingerprint density at radius 2 is 1.93 bits per heavy atom. The second kappa shape index (κ2) is 8.67. The van der Waals surface area contributed by atoms with E-state index in [4.69, 9.17) is 16.3 Å². The highest BCUT2D eigenvalue weighted by Crippen LogP contribution is 2.26. The van der Waals surface area contributed by atoms with Gasteiger partial charge in [0.25, 0.3) is 0 Å². The lowest BCUT2D eigenvalue weighted by molar-refractivity contribution is 0.219. The highest BCUT2D eigenvalue weighted by atomic mass is 35.5. The summed E-state index contributed by atoms with van der Waals surface area (Å²) in [6.45, 7) is 2.42. The first-order valence-corrected chi connectivity index (χ1v) is 11.4. The van der Waals surface area contributed by atoms with Gasteiger partial charge in [0.15, 0.2) is 9.84 Å². The molecule has 3 atom stereocenters. The summed E-state index contributed by atoms with van der Waals surface area (Å²) in [4.78, 5) is 14.6. The van der Waals surface area contributed by atoms with Crippen LogP contribution in [0.1, 0.15) is 24.4 Å². The van der Waals surface area contributed by atoms with Gasteiger partial charge in [-0.25, -0.2) is 13.2 Å². The number of amides is 2. The lowest BCUT2D eigenvalue weighted by atomic mass is 10.1. The van der Waals surface area contributed by atoms with Gasteiger partial charge in [-0.2, -0.15) is 0 Å². The number of methoxy groups -OCH3 is 1. The molecule has 0 aliphatic carbocycles. The van der Waals surface area contributed by atoms with Crippen LogP contribution in [0.3, 0.4) is 0 Å². The van der Waals surface area contributed by atoms with Crippen molar-refractivity contribution in [3.05, 3.63) is 29.8 Å². The monoisotopic (exact) mass is 415 g/mol. The molecule has 2 saturated heterocycles. The van der Waals surface area contributed by atoms with E-state index in [1.165, 1.54) is 0 Å².